The van der Waals surface area contributed by atoms with Gasteiger partial charge in [-0.2, -0.15) is 0 Å². The van der Waals surface area contributed by atoms with Crippen LogP contribution in [0, 0.1) is 29.6 Å². The lowest BCUT2D eigenvalue weighted by atomic mass is 9.52. The van der Waals surface area contributed by atoms with Crippen molar-refractivity contribution in [2.75, 3.05) is 11.4 Å². The highest BCUT2D eigenvalue weighted by atomic mass is 16.5. The van der Waals surface area contributed by atoms with E-state index in [0.717, 1.165) is 30.4 Å². The molecule has 0 radical (unpaired) electrons. The zero-order valence-corrected chi connectivity index (χ0v) is 16.1. The number of hydrogen-bond donors (Lipinski definition) is 0. The van der Waals surface area contributed by atoms with Crippen LogP contribution in [0.25, 0.3) is 0 Å². The fraction of sp³-hybridized carbons (Fsp3) is 0.652. The van der Waals surface area contributed by atoms with Crippen LogP contribution >= 0.6 is 0 Å². The molecular weight excluding hydrogens is 338 g/mol. The third kappa shape index (κ3) is 2.97. The molecule has 4 heteroatoms. The van der Waals surface area contributed by atoms with Crippen molar-refractivity contribution in [3.8, 4) is 0 Å². The van der Waals surface area contributed by atoms with Crippen molar-refractivity contribution in [3.05, 3.63) is 29.8 Å². The predicted molar refractivity (Wildman–Crippen MR) is 103 cm³/mol. The van der Waals surface area contributed by atoms with Crippen LogP contribution in [0.2, 0.25) is 0 Å². The van der Waals surface area contributed by atoms with E-state index in [0.29, 0.717) is 18.4 Å². The van der Waals surface area contributed by atoms with Crippen LogP contribution in [-0.4, -0.2) is 24.5 Å². The van der Waals surface area contributed by atoms with Crippen LogP contribution in [0.4, 0.5) is 5.69 Å². The smallest absolute Gasteiger partial charge is 0.310 e. The van der Waals surface area contributed by atoms with E-state index in [4.69, 9.17) is 4.74 Å². The van der Waals surface area contributed by atoms with Crippen LogP contribution in [0.1, 0.15) is 51.0 Å². The zero-order chi connectivity index (χ0) is 18.5. The van der Waals surface area contributed by atoms with Crippen LogP contribution in [0.5, 0.6) is 0 Å². The number of benzene rings is 1. The highest BCUT2D eigenvalue weighted by Crippen LogP contribution is 2.56. The molecule has 6 rings (SSSR count). The summed E-state index contributed by atoms with van der Waals surface area (Å²) in [4.78, 5) is 27.8. The quantitative estimate of drug-likeness (QED) is 0.760. The van der Waals surface area contributed by atoms with Gasteiger partial charge in [0.05, 0.1) is 5.92 Å². The van der Waals surface area contributed by atoms with E-state index in [1.165, 1.54) is 37.7 Å². The number of fused-ring (bicyclic) bond motifs is 1. The second-order valence-electron chi connectivity index (χ2n) is 9.26. The Balaban J connectivity index is 1.27. The lowest BCUT2D eigenvalue weighted by molar-refractivity contribution is -0.169. The average molecular weight is 367 g/mol. The van der Waals surface area contributed by atoms with E-state index in [1.54, 1.807) is 6.92 Å². The summed E-state index contributed by atoms with van der Waals surface area (Å²) in [6, 6.07) is 8.07. The maximum absolute atomic E-state index is 13.0. The Labute approximate surface area is 161 Å². The first-order chi connectivity index (χ1) is 13.1. The standard InChI is InChI=1S/C23H29NO3/c1-14(22(25)24-8-4-6-17-5-2-3-7-20(17)24)27-23(26)21-18-10-15-9-16(12-18)13-19(21)11-15/h2-3,5,7,14-16,18-19,21H,4,6,8-13H2,1H3. The normalized spacial score (nSPS) is 34.9. The molecule has 1 amide bonds. The minimum Gasteiger partial charge on any atom is -0.452 e. The number of anilines is 1. The van der Waals surface area contributed by atoms with Crippen molar-refractivity contribution in [1.29, 1.82) is 0 Å². The molecule has 4 aliphatic carbocycles. The van der Waals surface area contributed by atoms with Gasteiger partial charge >= 0.3 is 5.97 Å². The van der Waals surface area contributed by atoms with Crippen LogP contribution in [-0.2, 0) is 20.7 Å². The number of para-hydroxylation sites is 1. The Morgan fingerprint density at radius 2 is 1.70 bits per heavy atom. The minimum absolute atomic E-state index is 0.0293. The van der Waals surface area contributed by atoms with Gasteiger partial charge in [-0.05, 0) is 87.2 Å². The molecular formula is C23H29NO3. The Kier molecular flexibility index (Phi) is 4.25. The molecule has 4 saturated carbocycles. The Hall–Kier alpha value is -1.84. The fourth-order valence-corrected chi connectivity index (χ4v) is 6.60. The predicted octanol–water partition coefficient (Wildman–Crippen LogP) is 3.97. The van der Waals surface area contributed by atoms with Crippen molar-refractivity contribution in [2.45, 2.75) is 58.0 Å². The molecule has 0 aromatic heterocycles. The molecule has 0 saturated heterocycles. The topological polar surface area (TPSA) is 46.6 Å². The van der Waals surface area contributed by atoms with E-state index in [1.807, 2.05) is 23.1 Å². The number of hydrogen-bond acceptors (Lipinski definition) is 3. The summed E-state index contributed by atoms with van der Waals surface area (Å²) >= 11 is 0. The number of amides is 1. The molecule has 144 valence electrons. The van der Waals surface area contributed by atoms with Crippen molar-refractivity contribution in [2.24, 2.45) is 29.6 Å². The molecule has 27 heavy (non-hydrogen) atoms. The van der Waals surface area contributed by atoms with Gasteiger partial charge in [0.1, 0.15) is 0 Å². The molecule has 4 nitrogen and oxygen atoms in total. The number of carbonyl (C=O) groups excluding carboxylic acids is 2. The van der Waals surface area contributed by atoms with Gasteiger partial charge in [0, 0.05) is 12.2 Å². The monoisotopic (exact) mass is 367 g/mol. The number of esters is 1. The van der Waals surface area contributed by atoms with Gasteiger partial charge in [-0.3, -0.25) is 9.59 Å². The number of carbonyl (C=O) groups is 2. The maximum atomic E-state index is 13.0. The minimum atomic E-state index is -0.708. The Morgan fingerprint density at radius 1 is 1.04 bits per heavy atom. The summed E-state index contributed by atoms with van der Waals surface area (Å²) in [6.45, 7) is 2.45. The third-order valence-electron chi connectivity index (χ3n) is 7.52. The summed E-state index contributed by atoms with van der Waals surface area (Å²) in [5.74, 6) is 2.48. The van der Waals surface area contributed by atoms with Gasteiger partial charge < -0.3 is 9.64 Å². The summed E-state index contributed by atoms with van der Waals surface area (Å²) in [7, 11) is 0. The Bertz CT molecular complexity index is 730. The molecule has 4 bridgehead atoms. The first-order valence-corrected chi connectivity index (χ1v) is 10.7. The largest absolute Gasteiger partial charge is 0.452 e. The van der Waals surface area contributed by atoms with E-state index in [-0.39, 0.29) is 17.8 Å². The lowest BCUT2D eigenvalue weighted by Gasteiger charge is -2.53. The molecule has 0 N–H and O–H groups in total. The van der Waals surface area contributed by atoms with Gasteiger partial charge in [-0.15, -0.1) is 0 Å². The zero-order valence-electron chi connectivity index (χ0n) is 16.1. The van der Waals surface area contributed by atoms with Gasteiger partial charge in [0.25, 0.3) is 5.91 Å². The number of rotatable bonds is 3. The first kappa shape index (κ1) is 17.3. The third-order valence-corrected chi connectivity index (χ3v) is 7.52. The molecule has 5 aliphatic rings. The van der Waals surface area contributed by atoms with Crippen molar-refractivity contribution < 1.29 is 14.3 Å². The number of ether oxygens (including phenoxy) is 1. The Morgan fingerprint density at radius 3 is 2.41 bits per heavy atom. The fourth-order valence-electron chi connectivity index (χ4n) is 6.60. The van der Waals surface area contributed by atoms with Crippen LogP contribution in [0.3, 0.4) is 0 Å². The second-order valence-corrected chi connectivity index (χ2v) is 9.26. The van der Waals surface area contributed by atoms with E-state index < -0.39 is 6.10 Å². The van der Waals surface area contributed by atoms with Gasteiger partial charge in [-0.1, -0.05) is 18.2 Å². The number of aryl methyl sites for hydroxylation is 1. The van der Waals surface area contributed by atoms with Gasteiger partial charge in [0.2, 0.25) is 0 Å². The summed E-state index contributed by atoms with van der Waals surface area (Å²) in [6.07, 6.45) is 7.38. The highest BCUT2D eigenvalue weighted by Gasteiger charge is 2.51. The molecule has 4 fully saturated rings. The molecule has 1 aromatic carbocycles. The summed E-state index contributed by atoms with van der Waals surface area (Å²) < 4.78 is 5.78. The van der Waals surface area contributed by atoms with Crippen molar-refractivity contribution in [1.82, 2.24) is 0 Å². The van der Waals surface area contributed by atoms with E-state index >= 15 is 0 Å². The summed E-state index contributed by atoms with van der Waals surface area (Å²) in [5, 5.41) is 0. The second kappa shape index (κ2) is 6.65. The lowest BCUT2D eigenvalue weighted by Crippen LogP contribution is -2.50. The molecule has 1 heterocycles. The number of nitrogens with zero attached hydrogens (tertiary/aromatic N) is 1. The van der Waals surface area contributed by atoms with E-state index in [2.05, 4.69) is 6.07 Å². The van der Waals surface area contributed by atoms with Crippen LogP contribution < -0.4 is 4.90 Å². The van der Waals surface area contributed by atoms with Gasteiger partial charge in [-0.25, -0.2) is 0 Å². The summed E-state index contributed by atoms with van der Waals surface area (Å²) in [5.41, 5.74) is 2.18. The van der Waals surface area contributed by atoms with Crippen molar-refractivity contribution in [3.63, 3.8) is 0 Å². The van der Waals surface area contributed by atoms with E-state index in [9.17, 15) is 9.59 Å². The van der Waals surface area contributed by atoms with Crippen molar-refractivity contribution >= 4 is 17.6 Å². The maximum Gasteiger partial charge on any atom is 0.310 e. The molecule has 1 aromatic rings. The molecule has 1 unspecified atom stereocenters. The van der Waals surface area contributed by atoms with Gasteiger partial charge in [0.15, 0.2) is 6.10 Å². The average Bonchev–Trinajstić information content (AvgIpc) is 2.66. The molecule has 0 spiro atoms. The van der Waals surface area contributed by atoms with Crippen LogP contribution in [0.15, 0.2) is 24.3 Å². The SMILES string of the molecule is CC(OC(=O)C1C2CC3CC(C2)CC1C3)C(=O)N1CCCc2ccccc21. The first-order valence-electron chi connectivity index (χ1n) is 10.7. The highest BCUT2D eigenvalue weighted by molar-refractivity contribution is 5.98. The molecule has 1 atom stereocenters. The molecule has 1 aliphatic heterocycles.